The van der Waals surface area contributed by atoms with E-state index in [1.54, 1.807) is 12.3 Å². The molecule has 5 nitrogen and oxygen atoms in total. The average Bonchev–Trinajstić information content (AvgIpc) is 2.87. The minimum Gasteiger partial charge on any atom is -0.341 e. The van der Waals surface area contributed by atoms with Gasteiger partial charge in [-0.05, 0) is 50.8 Å². The van der Waals surface area contributed by atoms with Crippen LogP contribution in [0.1, 0.15) is 52.9 Å². The van der Waals surface area contributed by atoms with Gasteiger partial charge in [-0.15, -0.1) is 0 Å². The molecule has 1 aliphatic rings. The Morgan fingerprint density at radius 3 is 2.32 bits per heavy atom. The van der Waals surface area contributed by atoms with E-state index >= 15 is 0 Å². The SMILES string of the molecule is Cc1cc(C)c(NC(=O)c2ccnc(N3CCCCCC3)n2)c(C)c1. The number of carbonyl (C=O) groups is 1. The van der Waals surface area contributed by atoms with Crippen molar-refractivity contribution in [3.63, 3.8) is 0 Å². The number of anilines is 2. The highest BCUT2D eigenvalue weighted by Gasteiger charge is 2.16. The van der Waals surface area contributed by atoms with Crippen molar-refractivity contribution < 1.29 is 4.79 Å². The summed E-state index contributed by atoms with van der Waals surface area (Å²) in [7, 11) is 0. The Bertz CT molecular complexity index is 741. The third kappa shape index (κ3) is 4.16. The molecule has 0 radical (unpaired) electrons. The van der Waals surface area contributed by atoms with Crippen LogP contribution in [0.4, 0.5) is 11.6 Å². The second-order valence-electron chi connectivity index (χ2n) is 6.87. The number of hydrogen-bond acceptors (Lipinski definition) is 4. The van der Waals surface area contributed by atoms with Crippen molar-refractivity contribution in [2.24, 2.45) is 0 Å². The molecule has 0 bridgehead atoms. The summed E-state index contributed by atoms with van der Waals surface area (Å²) in [6, 6.07) is 5.83. The minimum atomic E-state index is -0.187. The fraction of sp³-hybridized carbons (Fsp3) is 0.450. The maximum Gasteiger partial charge on any atom is 0.274 e. The van der Waals surface area contributed by atoms with Gasteiger partial charge in [0.15, 0.2) is 0 Å². The zero-order valence-electron chi connectivity index (χ0n) is 15.3. The molecule has 132 valence electrons. The van der Waals surface area contributed by atoms with Crippen LogP contribution < -0.4 is 10.2 Å². The highest BCUT2D eigenvalue weighted by Crippen LogP contribution is 2.23. The zero-order valence-corrected chi connectivity index (χ0v) is 15.3. The molecule has 1 N–H and O–H groups in total. The molecule has 2 heterocycles. The van der Waals surface area contributed by atoms with Gasteiger partial charge in [-0.2, -0.15) is 0 Å². The van der Waals surface area contributed by atoms with Crippen molar-refractivity contribution in [1.82, 2.24) is 9.97 Å². The Morgan fingerprint density at radius 1 is 1.04 bits per heavy atom. The molecule has 1 aromatic heterocycles. The van der Waals surface area contributed by atoms with Gasteiger partial charge in [-0.25, -0.2) is 9.97 Å². The number of benzene rings is 1. The zero-order chi connectivity index (χ0) is 17.8. The van der Waals surface area contributed by atoms with E-state index in [0.717, 1.165) is 42.7 Å². The van der Waals surface area contributed by atoms with Crippen LogP contribution in [0, 0.1) is 20.8 Å². The standard InChI is InChI=1S/C20H26N4O/c1-14-12-15(2)18(16(3)13-14)23-19(25)17-8-9-21-20(22-17)24-10-6-4-5-7-11-24/h8-9,12-13H,4-7,10-11H2,1-3H3,(H,23,25). The number of nitrogens with zero attached hydrogens (tertiary/aromatic N) is 3. The van der Waals surface area contributed by atoms with Crippen molar-refractivity contribution in [1.29, 1.82) is 0 Å². The monoisotopic (exact) mass is 338 g/mol. The first kappa shape index (κ1) is 17.4. The van der Waals surface area contributed by atoms with E-state index in [2.05, 4.69) is 39.2 Å². The van der Waals surface area contributed by atoms with Crippen LogP contribution in [0.25, 0.3) is 0 Å². The van der Waals surface area contributed by atoms with Gasteiger partial charge in [0.25, 0.3) is 5.91 Å². The van der Waals surface area contributed by atoms with E-state index in [9.17, 15) is 4.79 Å². The Balaban J connectivity index is 1.80. The van der Waals surface area contributed by atoms with Gasteiger partial charge < -0.3 is 10.2 Å². The van der Waals surface area contributed by atoms with Crippen LogP contribution >= 0.6 is 0 Å². The number of aryl methyl sites for hydroxylation is 3. The molecular formula is C20H26N4O. The molecule has 1 saturated heterocycles. The molecule has 1 fully saturated rings. The molecular weight excluding hydrogens is 312 g/mol. The van der Waals surface area contributed by atoms with Gasteiger partial charge >= 0.3 is 0 Å². The fourth-order valence-electron chi connectivity index (χ4n) is 3.45. The lowest BCUT2D eigenvalue weighted by atomic mass is 10.1. The molecule has 0 saturated carbocycles. The van der Waals surface area contributed by atoms with E-state index in [-0.39, 0.29) is 5.91 Å². The molecule has 1 aliphatic heterocycles. The molecule has 1 aromatic carbocycles. The molecule has 1 amide bonds. The number of amides is 1. The topological polar surface area (TPSA) is 58.1 Å². The van der Waals surface area contributed by atoms with E-state index in [4.69, 9.17) is 0 Å². The molecule has 2 aromatic rings. The summed E-state index contributed by atoms with van der Waals surface area (Å²) in [5.74, 6) is 0.473. The summed E-state index contributed by atoms with van der Waals surface area (Å²) in [5.41, 5.74) is 4.60. The van der Waals surface area contributed by atoms with Crippen molar-refractivity contribution in [3.05, 3.63) is 46.8 Å². The Hall–Kier alpha value is -2.43. The predicted octanol–water partition coefficient (Wildman–Crippen LogP) is 4.03. The second kappa shape index (κ2) is 7.64. The summed E-state index contributed by atoms with van der Waals surface area (Å²) in [5, 5.41) is 3.02. The summed E-state index contributed by atoms with van der Waals surface area (Å²) in [6.45, 7) is 8.00. The third-order valence-corrected chi connectivity index (χ3v) is 4.68. The normalized spacial score (nSPS) is 14.9. The van der Waals surface area contributed by atoms with Crippen LogP contribution in [0.15, 0.2) is 24.4 Å². The highest BCUT2D eigenvalue weighted by molar-refractivity contribution is 6.03. The second-order valence-corrected chi connectivity index (χ2v) is 6.87. The van der Waals surface area contributed by atoms with Crippen molar-refractivity contribution in [3.8, 4) is 0 Å². The summed E-state index contributed by atoms with van der Waals surface area (Å²) < 4.78 is 0. The number of carbonyl (C=O) groups excluding carboxylic acids is 1. The first-order chi connectivity index (χ1) is 12.0. The summed E-state index contributed by atoms with van der Waals surface area (Å²) >= 11 is 0. The van der Waals surface area contributed by atoms with Crippen LogP contribution in [-0.4, -0.2) is 29.0 Å². The quantitative estimate of drug-likeness (QED) is 0.918. The van der Waals surface area contributed by atoms with E-state index in [1.165, 1.54) is 18.4 Å². The Kier molecular flexibility index (Phi) is 5.31. The van der Waals surface area contributed by atoms with Gasteiger partial charge in [0.2, 0.25) is 5.95 Å². The number of rotatable bonds is 3. The van der Waals surface area contributed by atoms with E-state index in [0.29, 0.717) is 11.6 Å². The largest absolute Gasteiger partial charge is 0.341 e. The third-order valence-electron chi connectivity index (χ3n) is 4.68. The van der Waals surface area contributed by atoms with Crippen LogP contribution in [0.2, 0.25) is 0 Å². The minimum absolute atomic E-state index is 0.187. The van der Waals surface area contributed by atoms with Crippen molar-refractivity contribution >= 4 is 17.5 Å². The Labute approximate surface area is 149 Å². The van der Waals surface area contributed by atoms with Gasteiger partial charge in [-0.3, -0.25) is 4.79 Å². The maximum absolute atomic E-state index is 12.7. The van der Waals surface area contributed by atoms with Crippen molar-refractivity contribution in [2.45, 2.75) is 46.5 Å². The predicted molar refractivity (Wildman–Crippen MR) is 101 cm³/mol. The highest BCUT2D eigenvalue weighted by atomic mass is 16.1. The van der Waals surface area contributed by atoms with Crippen molar-refractivity contribution in [2.75, 3.05) is 23.3 Å². The first-order valence-electron chi connectivity index (χ1n) is 9.02. The number of nitrogens with one attached hydrogen (secondary N) is 1. The molecule has 0 aliphatic carbocycles. The fourth-order valence-corrected chi connectivity index (χ4v) is 3.45. The van der Waals surface area contributed by atoms with Crippen LogP contribution in [0.3, 0.4) is 0 Å². The van der Waals surface area contributed by atoms with E-state index in [1.807, 2.05) is 13.8 Å². The van der Waals surface area contributed by atoms with Crippen LogP contribution in [0.5, 0.6) is 0 Å². The lowest BCUT2D eigenvalue weighted by Crippen LogP contribution is -2.27. The van der Waals surface area contributed by atoms with Gasteiger partial charge in [0.1, 0.15) is 5.69 Å². The van der Waals surface area contributed by atoms with Gasteiger partial charge in [0, 0.05) is 25.0 Å². The smallest absolute Gasteiger partial charge is 0.274 e. The molecule has 25 heavy (non-hydrogen) atoms. The Morgan fingerprint density at radius 2 is 1.68 bits per heavy atom. The van der Waals surface area contributed by atoms with Gasteiger partial charge in [0.05, 0.1) is 0 Å². The first-order valence-corrected chi connectivity index (χ1v) is 9.02. The summed E-state index contributed by atoms with van der Waals surface area (Å²) in [4.78, 5) is 23.8. The molecule has 0 unspecified atom stereocenters. The number of hydrogen-bond donors (Lipinski definition) is 1. The lowest BCUT2D eigenvalue weighted by molar-refractivity contribution is 0.102. The number of aromatic nitrogens is 2. The van der Waals surface area contributed by atoms with Gasteiger partial charge in [-0.1, -0.05) is 30.5 Å². The van der Waals surface area contributed by atoms with Crippen LogP contribution in [-0.2, 0) is 0 Å². The van der Waals surface area contributed by atoms with E-state index < -0.39 is 0 Å². The molecule has 5 heteroatoms. The lowest BCUT2D eigenvalue weighted by Gasteiger charge is -2.20. The molecule has 0 atom stereocenters. The molecule has 0 spiro atoms. The molecule has 3 rings (SSSR count). The average molecular weight is 338 g/mol. The maximum atomic E-state index is 12.7. The summed E-state index contributed by atoms with van der Waals surface area (Å²) in [6.07, 6.45) is 6.49.